The predicted molar refractivity (Wildman–Crippen MR) is 68.7 cm³/mol. The Bertz CT molecular complexity index is 400. The van der Waals surface area contributed by atoms with E-state index in [0.717, 1.165) is 25.5 Å². The molecule has 1 saturated heterocycles. The number of halogens is 3. The van der Waals surface area contributed by atoms with Gasteiger partial charge >= 0.3 is 6.18 Å². The van der Waals surface area contributed by atoms with Gasteiger partial charge in [0.2, 0.25) is 10.0 Å². The molecule has 5 nitrogen and oxygen atoms in total. The maximum absolute atomic E-state index is 12.4. The Morgan fingerprint density at radius 2 is 2.05 bits per heavy atom. The molecule has 20 heavy (non-hydrogen) atoms. The van der Waals surface area contributed by atoms with Crippen LogP contribution in [0.1, 0.15) is 25.7 Å². The summed E-state index contributed by atoms with van der Waals surface area (Å²) in [4.78, 5) is 1.60. The quantitative estimate of drug-likeness (QED) is 0.756. The summed E-state index contributed by atoms with van der Waals surface area (Å²) in [7, 11) is -3.29. The summed E-state index contributed by atoms with van der Waals surface area (Å²) in [5.74, 6) is 0. The lowest BCUT2D eigenvalue weighted by Crippen LogP contribution is -2.48. The highest BCUT2D eigenvalue weighted by molar-refractivity contribution is 7.88. The zero-order valence-electron chi connectivity index (χ0n) is 11.4. The first-order valence-corrected chi connectivity index (χ1v) is 8.42. The lowest BCUT2D eigenvalue weighted by Gasteiger charge is -2.37. The van der Waals surface area contributed by atoms with Crippen molar-refractivity contribution in [2.45, 2.75) is 44.0 Å². The fourth-order valence-corrected chi connectivity index (χ4v) is 2.85. The molecule has 0 amide bonds. The van der Waals surface area contributed by atoms with Gasteiger partial charge in [0.15, 0.2) is 6.10 Å². The van der Waals surface area contributed by atoms with Crippen LogP contribution in [0.4, 0.5) is 13.2 Å². The molecule has 0 radical (unpaired) electrons. The van der Waals surface area contributed by atoms with Crippen LogP contribution >= 0.6 is 0 Å². The summed E-state index contributed by atoms with van der Waals surface area (Å²) in [6.45, 7) is 0.242. The molecule has 1 fully saturated rings. The fraction of sp³-hybridized carbons (Fsp3) is 1.00. The average Bonchev–Trinajstić information content (AvgIpc) is 2.28. The van der Waals surface area contributed by atoms with Crippen LogP contribution in [0.2, 0.25) is 0 Å². The topological polar surface area (TPSA) is 69.6 Å². The third-order valence-corrected chi connectivity index (χ3v) is 4.10. The first-order chi connectivity index (χ1) is 9.09. The monoisotopic (exact) mass is 318 g/mol. The van der Waals surface area contributed by atoms with Gasteiger partial charge in [0, 0.05) is 19.1 Å². The van der Waals surface area contributed by atoms with E-state index in [1.807, 2.05) is 0 Å². The summed E-state index contributed by atoms with van der Waals surface area (Å²) in [5, 5.41) is 9.13. The molecule has 1 heterocycles. The summed E-state index contributed by atoms with van der Waals surface area (Å²) in [6.07, 6.45) is -3.08. The van der Waals surface area contributed by atoms with Gasteiger partial charge in [-0.15, -0.1) is 0 Å². The van der Waals surface area contributed by atoms with Crippen molar-refractivity contribution in [1.29, 1.82) is 0 Å². The Labute approximate surface area is 117 Å². The zero-order valence-corrected chi connectivity index (χ0v) is 12.2. The SMILES string of the molecule is CS(=O)(=O)NCCC1CCCCN1CC(O)C(F)(F)F. The van der Waals surface area contributed by atoms with Crippen LogP contribution in [-0.2, 0) is 10.0 Å². The highest BCUT2D eigenvalue weighted by Gasteiger charge is 2.40. The predicted octanol–water partition coefficient (Wildman–Crippen LogP) is 0.703. The molecule has 2 atom stereocenters. The average molecular weight is 318 g/mol. The standard InChI is InChI=1S/C11H21F3N2O3S/c1-20(18,19)15-6-5-9-4-2-3-7-16(9)8-10(17)11(12,13)14/h9-10,15,17H,2-8H2,1H3. The number of aliphatic hydroxyl groups excluding tert-OH is 1. The van der Waals surface area contributed by atoms with E-state index in [1.54, 1.807) is 4.90 Å². The van der Waals surface area contributed by atoms with Gasteiger partial charge in [-0.05, 0) is 25.8 Å². The number of aliphatic hydroxyl groups is 1. The Morgan fingerprint density at radius 1 is 1.40 bits per heavy atom. The molecule has 2 unspecified atom stereocenters. The van der Waals surface area contributed by atoms with Gasteiger partial charge in [-0.25, -0.2) is 13.1 Å². The molecule has 0 saturated carbocycles. The van der Waals surface area contributed by atoms with Crippen LogP contribution in [0.15, 0.2) is 0 Å². The second kappa shape index (κ2) is 7.06. The molecule has 1 rings (SSSR count). The molecular formula is C11H21F3N2O3S. The van der Waals surface area contributed by atoms with E-state index < -0.39 is 28.8 Å². The van der Waals surface area contributed by atoms with Crippen LogP contribution < -0.4 is 4.72 Å². The van der Waals surface area contributed by atoms with Gasteiger partial charge in [0.05, 0.1) is 6.26 Å². The molecule has 0 aromatic carbocycles. The summed E-state index contributed by atoms with van der Waals surface area (Å²) in [6, 6.07) is -0.130. The second-order valence-electron chi connectivity index (χ2n) is 5.16. The Morgan fingerprint density at radius 3 is 2.60 bits per heavy atom. The molecule has 0 aliphatic carbocycles. The number of likely N-dealkylation sites (tertiary alicyclic amines) is 1. The minimum Gasteiger partial charge on any atom is -0.382 e. The third-order valence-electron chi connectivity index (χ3n) is 3.38. The fourth-order valence-electron chi connectivity index (χ4n) is 2.36. The lowest BCUT2D eigenvalue weighted by molar-refractivity contribution is -0.210. The van der Waals surface area contributed by atoms with Gasteiger partial charge in [0.1, 0.15) is 0 Å². The Hall–Kier alpha value is -0.380. The van der Waals surface area contributed by atoms with Crippen LogP contribution in [0.3, 0.4) is 0 Å². The van der Waals surface area contributed by atoms with E-state index in [4.69, 9.17) is 5.11 Å². The number of piperidine rings is 1. The first-order valence-electron chi connectivity index (χ1n) is 6.53. The molecular weight excluding hydrogens is 297 g/mol. The highest BCUT2D eigenvalue weighted by Crippen LogP contribution is 2.25. The van der Waals surface area contributed by atoms with Gasteiger partial charge < -0.3 is 5.11 Å². The van der Waals surface area contributed by atoms with Crippen LogP contribution in [0, 0.1) is 0 Å². The third kappa shape index (κ3) is 6.38. The number of nitrogens with zero attached hydrogens (tertiary/aromatic N) is 1. The van der Waals surface area contributed by atoms with E-state index >= 15 is 0 Å². The molecule has 2 N–H and O–H groups in total. The van der Waals surface area contributed by atoms with Gasteiger partial charge in [-0.1, -0.05) is 6.42 Å². The van der Waals surface area contributed by atoms with E-state index in [2.05, 4.69) is 4.72 Å². The first kappa shape index (κ1) is 17.7. The lowest BCUT2D eigenvalue weighted by atomic mass is 9.99. The molecule has 1 aliphatic heterocycles. The molecule has 0 aromatic heterocycles. The number of rotatable bonds is 6. The smallest absolute Gasteiger partial charge is 0.382 e. The van der Waals surface area contributed by atoms with Crippen molar-refractivity contribution in [3.63, 3.8) is 0 Å². The van der Waals surface area contributed by atoms with Crippen molar-refractivity contribution in [3.8, 4) is 0 Å². The maximum Gasteiger partial charge on any atom is 0.415 e. The van der Waals surface area contributed by atoms with Crippen LogP contribution in [-0.4, -0.2) is 62.6 Å². The molecule has 0 spiro atoms. The summed E-state index contributed by atoms with van der Waals surface area (Å²) in [5.41, 5.74) is 0. The number of alkyl halides is 3. The van der Waals surface area contributed by atoms with Gasteiger partial charge in [-0.2, -0.15) is 13.2 Å². The minimum absolute atomic E-state index is 0.130. The Balaban J connectivity index is 2.50. The van der Waals surface area contributed by atoms with Crippen molar-refractivity contribution in [2.24, 2.45) is 0 Å². The Kier molecular flexibility index (Phi) is 6.24. The van der Waals surface area contributed by atoms with Crippen LogP contribution in [0.5, 0.6) is 0 Å². The molecule has 0 bridgehead atoms. The van der Waals surface area contributed by atoms with Crippen molar-refractivity contribution >= 4 is 10.0 Å². The van der Waals surface area contributed by atoms with Crippen molar-refractivity contribution in [2.75, 3.05) is 25.9 Å². The molecule has 120 valence electrons. The van der Waals surface area contributed by atoms with Crippen molar-refractivity contribution in [3.05, 3.63) is 0 Å². The van der Waals surface area contributed by atoms with E-state index in [-0.39, 0.29) is 12.6 Å². The summed E-state index contributed by atoms with van der Waals surface area (Å²) >= 11 is 0. The minimum atomic E-state index is -4.62. The largest absolute Gasteiger partial charge is 0.415 e. The number of β-amino-alcohol motifs (C(OH)–C–C–N with tert-alkyl or cyclic N) is 1. The van der Waals surface area contributed by atoms with E-state index in [1.165, 1.54) is 0 Å². The number of hydrogen-bond acceptors (Lipinski definition) is 4. The van der Waals surface area contributed by atoms with E-state index in [0.29, 0.717) is 13.0 Å². The number of hydrogen-bond donors (Lipinski definition) is 2. The van der Waals surface area contributed by atoms with Gasteiger partial charge in [-0.3, -0.25) is 4.90 Å². The second-order valence-corrected chi connectivity index (χ2v) is 6.99. The van der Waals surface area contributed by atoms with Crippen molar-refractivity contribution in [1.82, 2.24) is 9.62 Å². The molecule has 1 aliphatic rings. The molecule has 0 aromatic rings. The highest BCUT2D eigenvalue weighted by atomic mass is 32.2. The van der Waals surface area contributed by atoms with Crippen LogP contribution in [0.25, 0.3) is 0 Å². The maximum atomic E-state index is 12.4. The normalized spacial score (nSPS) is 23.8. The summed E-state index contributed by atoms with van der Waals surface area (Å²) < 4.78 is 61.3. The number of sulfonamides is 1. The molecule has 9 heteroatoms. The van der Waals surface area contributed by atoms with Crippen molar-refractivity contribution < 1.29 is 26.7 Å². The van der Waals surface area contributed by atoms with Gasteiger partial charge in [0.25, 0.3) is 0 Å². The van der Waals surface area contributed by atoms with E-state index in [9.17, 15) is 21.6 Å². The number of nitrogens with one attached hydrogen (secondary N) is 1. The zero-order chi connectivity index (χ0) is 15.4.